The second-order valence-corrected chi connectivity index (χ2v) is 3.98. The maximum absolute atomic E-state index is 5.35. The molecule has 1 aliphatic rings. The molecule has 5 heteroatoms. The normalized spacial score (nSPS) is 17.1. The monoisotopic (exact) mass is 222 g/mol. The van der Waals surface area contributed by atoms with Crippen molar-refractivity contribution in [3.8, 4) is 0 Å². The van der Waals surface area contributed by atoms with Gasteiger partial charge < -0.3 is 15.1 Å². The Morgan fingerprint density at radius 3 is 2.88 bits per heavy atom. The van der Waals surface area contributed by atoms with Gasteiger partial charge in [0.05, 0.1) is 0 Å². The van der Waals surface area contributed by atoms with Crippen LogP contribution in [0.5, 0.6) is 0 Å². The smallest absolute Gasteiger partial charge is 0.142 e. The van der Waals surface area contributed by atoms with Gasteiger partial charge in [0, 0.05) is 26.3 Å². The number of aromatic nitrogens is 1. The molecule has 88 valence electrons. The molecule has 0 atom stereocenters. The molecule has 0 aromatic carbocycles. The van der Waals surface area contributed by atoms with Crippen LogP contribution < -0.4 is 16.2 Å². The highest BCUT2D eigenvalue weighted by Crippen LogP contribution is 2.20. The molecule has 0 bridgehead atoms. The summed E-state index contributed by atoms with van der Waals surface area (Å²) in [5, 5.41) is 0. The molecule has 1 saturated heterocycles. The number of nitrogens with one attached hydrogen (secondary N) is 1. The summed E-state index contributed by atoms with van der Waals surface area (Å²) in [5.41, 5.74) is 2.56. The van der Waals surface area contributed by atoms with Gasteiger partial charge in [-0.15, -0.1) is 0 Å². The number of hydrogen-bond acceptors (Lipinski definition) is 5. The first-order chi connectivity index (χ1) is 7.81. The van der Waals surface area contributed by atoms with Gasteiger partial charge in [0.1, 0.15) is 11.6 Å². The molecule has 0 aliphatic carbocycles. The van der Waals surface area contributed by atoms with Crippen LogP contribution in [0.1, 0.15) is 12.8 Å². The van der Waals surface area contributed by atoms with Gasteiger partial charge in [-0.25, -0.2) is 10.8 Å². The molecule has 2 rings (SSSR count). The van der Waals surface area contributed by atoms with Crippen LogP contribution in [0.4, 0.5) is 11.6 Å². The Hall–Kier alpha value is -1.33. The molecule has 0 spiro atoms. The lowest BCUT2D eigenvalue weighted by molar-refractivity contribution is 0.0853. The summed E-state index contributed by atoms with van der Waals surface area (Å²) in [6, 6.07) is 6.31. The average molecular weight is 222 g/mol. The second kappa shape index (κ2) is 5.14. The van der Waals surface area contributed by atoms with Crippen LogP contribution in [0.25, 0.3) is 0 Å². The van der Waals surface area contributed by atoms with Gasteiger partial charge >= 0.3 is 0 Å². The fraction of sp³-hybridized carbons (Fsp3) is 0.545. The SMILES string of the molecule is CN(c1cccc(NN)n1)C1CCOCC1. The zero-order chi connectivity index (χ0) is 11.4. The van der Waals surface area contributed by atoms with Crippen molar-refractivity contribution in [1.29, 1.82) is 0 Å². The minimum atomic E-state index is 0.509. The van der Waals surface area contributed by atoms with Crippen LogP contribution in [-0.4, -0.2) is 31.3 Å². The number of nitrogens with two attached hydrogens (primary N) is 1. The highest BCUT2D eigenvalue weighted by atomic mass is 16.5. The molecule has 1 aliphatic heterocycles. The maximum Gasteiger partial charge on any atom is 0.142 e. The Kier molecular flexibility index (Phi) is 3.58. The molecular weight excluding hydrogens is 204 g/mol. The highest BCUT2D eigenvalue weighted by molar-refractivity contribution is 5.46. The van der Waals surface area contributed by atoms with Crippen molar-refractivity contribution >= 4 is 11.6 Å². The number of nitrogens with zero attached hydrogens (tertiary/aromatic N) is 2. The minimum absolute atomic E-state index is 0.509. The number of ether oxygens (including phenoxy) is 1. The largest absolute Gasteiger partial charge is 0.381 e. The van der Waals surface area contributed by atoms with Crippen molar-refractivity contribution in [3.05, 3.63) is 18.2 Å². The summed E-state index contributed by atoms with van der Waals surface area (Å²) in [5.74, 6) is 6.98. The molecule has 5 nitrogen and oxygen atoms in total. The third-order valence-corrected chi connectivity index (χ3v) is 2.98. The fourth-order valence-electron chi connectivity index (χ4n) is 1.96. The lowest BCUT2D eigenvalue weighted by atomic mass is 10.1. The Morgan fingerprint density at radius 2 is 2.19 bits per heavy atom. The first kappa shape index (κ1) is 11.2. The molecule has 1 fully saturated rings. The summed E-state index contributed by atoms with van der Waals surface area (Å²) in [6.07, 6.45) is 2.11. The van der Waals surface area contributed by atoms with Crippen molar-refractivity contribution in [3.63, 3.8) is 0 Å². The number of nitrogen functional groups attached to an aromatic ring is 1. The number of pyridine rings is 1. The molecule has 0 saturated carbocycles. The van der Waals surface area contributed by atoms with E-state index in [0.717, 1.165) is 31.9 Å². The molecular formula is C11H18N4O. The zero-order valence-electron chi connectivity index (χ0n) is 9.52. The number of rotatable bonds is 3. The standard InChI is InChI=1S/C11H18N4O/c1-15(9-5-7-16-8-6-9)11-4-2-3-10(13-11)14-12/h2-4,9H,5-8,12H2,1H3,(H,13,14). The summed E-state index contributed by atoms with van der Waals surface area (Å²) in [4.78, 5) is 6.61. The third-order valence-electron chi connectivity index (χ3n) is 2.98. The number of anilines is 2. The van der Waals surface area contributed by atoms with E-state index in [-0.39, 0.29) is 0 Å². The predicted octanol–water partition coefficient (Wildman–Crippen LogP) is 0.982. The van der Waals surface area contributed by atoms with Crippen molar-refractivity contribution in [2.45, 2.75) is 18.9 Å². The van der Waals surface area contributed by atoms with Gasteiger partial charge in [-0.1, -0.05) is 6.07 Å². The van der Waals surface area contributed by atoms with E-state index >= 15 is 0 Å². The molecule has 2 heterocycles. The van der Waals surface area contributed by atoms with Gasteiger partial charge in [0.15, 0.2) is 0 Å². The van der Waals surface area contributed by atoms with Crippen molar-refractivity contribution < 1.29 is 4.74 Å². The zero-order valence-corrected chi connectivity index (χ0v) is 9.52. The fourth-order valence-corrected chi connectivity index (χ4v) is 1.96. The summed E-state index contributed by atoms with van der Waals surface area (Å²) >= 11 is 0. The average Bonchev–Trinajstić information content (AvgIpc) is 2.39. The van der Waals surface area contributed by atoms with E-state index in [1.54, 1.807) is 0 Å². The van der Waals surface area contributed by atoms with Gasteiger partial charge in [-0.3, -0.25) is 0 Å². The van der Waals surface area contributed by atoms with Gasteiger partial charge in [-0.2, -0.15) is 0 Å². The van der Waals surface area contributed by atoms with Gasteiger partial charge in [0.2, 0.25) is 0 Å². The Balaban J connectivity index is 2.09. The summed E-state index contributed by atoms with van der Waals surface area (Å²) in [7, 11) is 2.07. The minimum Gasteiger partial charge on any atom is -0.381 e. The second-order valence-electron chi connectivity index (χ2n) is 3.98. The first-order valence-corrected chi connectivity index (χ1v) is 5.55. The van der Waals surface area contributed by atoms with Crippen LogP contribution in [0.15, 0.2) is 18.2 Å². The molecule has 1 aromatic rings. The van der Waals surface area contributed by atoms with Crippen LogP contribution in [0, 0.1) is 0 Å². The quantitative estimate of drug-likeness (QED) is 0.589. The lowest BCUT2D eigenvalue weighted by Crippen LogP contribution is -2.37. The van der Waals surface area contributed by atoms with E-state index in [9.17, 15) is 0 Å². The van der Waals surface area contributed by atoms with Crippen molar-refractivity contribution in [2.75, 3.05) is 30.6 Å². The topological polar surface area (TPSA) is 63.4 Å². The highest BCUT2D eigenvalue weighted by Gasteiger charge is 2.19. The Morgan fingerprint density at radius 1 is 1.44 bits per heavy atom. The number of hydrazine groups is 1. The molecule has 3 N–H and O–H groups in total. The predicted molar refractivity (Wildman–Crippen MR) is 64.3 cm³/mol. The van der Waals surface area contributed by atoms with E-state index in [2.05, 4.69) is 22.4 Å². The first-order valence-electron chi connectivity index (χ1n) is 5.55. The van der Waals surface area contributed by atoms with Crippen LogP contribution >= 0.6 is 0 Å². The van der Waals surface area contributed by atoms with E-state index in [0.29, 0.717) is 11.9 Å². The Labute approximate surface area is 95.6 Å². The molecule has 0 unspecified atom stereocenters. The number of hydrogen-bond donors (Lipinski definition) is 2. The van der Waals surface area contributed by atoms with E-state index in [4.69, 9.17) is 10.6 Å². The van der Waals surface area contributed by atoms with Crippen molar-refractivity contribution in [2.24, 2.45) is 5.84 Å². The van der Waals surface area contributed by atoms with E-state index in [1.165, 1.54) is 0 Å². The maximum atomic E-state index is 5.35. The molecule has 1 aromatic heterocycles. The van der Waals surface area contributed by atoms with Crippen LogP contribution in [0.2, 0.25) is 0 Å². The van der Waals surface area contributed by atoms with Crippen LogP contribution in [-0.2, 0) is 4.74 Å². The summed E-state index contributed by atoms with van der Waals surface area (Å²) < 4.78 is 5.35. The van der Waals surface area contributed by atoms with E-state index in [1.807, 2.05) is 18.2 Å². The lowest BCUT2D eigenvalue weighted by Gasteiger charge is -2.32. The van der Waals surface area contributed by atoms with Crippen LogP contribution in [0.3, 0.4) is 0 Å². The third kappa shape index (κ3) is 2.43. The molecule has 0 amide bonds. The van der Waals surface area contributed by atoms with Gasteiger partial charge in [0.25, 0.3) is 0 Å². The van der Waals surface area contributed by atoms with Crippen molar-refractivity contribution in [1.82, 2.24) is 4.98 Å². The Bertz CT molecular complexity index is 339. The van der Waals surface area contributed by atoms with E-state index < -0.39 is 0 Å². The van der Waals surface area contributed by atoms with Gasteiger partial charge in [-0.05, 0) is 25.0 Å². The molecule has 16 heavy (non-hydrogen) atoms. The molecule has 0 radical (unpaired) electrons. The summed E-state index contributed by atoms with van der Waals surface area (Å²) in [6.45, 7) is 1.67.